The maximum absolute atomic E-state index is 13.4. The van der Waals surface area contributed by atoms with Crippen molar-refractivity contribution in [3.05, 3.63) is 24.0 Å². The van der Waals surface area contributed by atoms with Crippen molar-refractivity contribution in [2.45, 2.75) is 43.1 Å². The summed E-state index contributed by atoms with van der Waals surface area (Å²) in [6, 6.07) is 3.33. The highest BCUT2D eigenvalue weighted by Crippen LogP contribution is 2.32. The molecule has 118 valence electrons. The second kappa shape index (κ2) is 5.90. The summed E-state index contributed by atoms with van der Waals surface area (Å²) in [6.45, 7) is 1.97. The average Bonchev–Trinajstić information content (AvgIpc) is 2.40. The second-order valence-electron chi connectivity index (χ2n) is 5.93. The molecule has 0 heterocycles. The van der Waals surface area contributed by atoms with Gasteiger partial charge in [0.25, 0.3) is 0 Å². The molecule has 0 aliphatic heterocycles. The van der Waals surface area contributed by atoms with E-state index in [1.165, 1.54) is 12.1 Å². The van der Waals surface area contributed by atoms with Crippen molar-refractivity contribution in [2.24, 2.45) is 5.92 Å². The van der Waals surface area contributed by atoms with Crippen molar-refractivity contribution >= 4 is 15.7 Å². The van der Waals surface area contributed by atoms with Crippen LogP contribution in [0.4, 0.5) is 10.1 Å². The SMILES string of the molecule is CC1CCCC(O)(CNS(=O)(=O)c2ccc(N)c(F)c2)C1. The van der Waals surface area contributed by atoms with Gasteiger partial charge in [-0.05, 0) is 37.0 Å². The first kappa shape index (κ1) is 16.2. The Morgan fingerprint density at radius 1 is 1.52 bits per heavy atom. The lowest BCUT2D eigenvalue weighted by Crippen LogP contribution is -2.45. The van der Waals surface area contributed by atoms with Crippen LogP contribution in [0.3, 0.4) is 0 Å². The number of nitrogens with one attached hydrogen (secondary N) is 1. The fourth-order valence-corrected chi connectivity index (χ4v) is 3.91. The zero-order chi connectivity index (χ0) is 15.7. The van der Waals surface area contributed by atoms with Crippen LogP contribution in [-0.4, -0.2) is 25.7 Å². The molecule has 2 atom stereocenters. The van der Waals surface area contributed by atoms with Gasteiger partial charge in [-0.15, -0.1) is 0 Å². The molecule has 0 aromatic heterocycles. The molecule has 1 aromatic rings. The average molecular weight is 316 g/mol. The standard InChI is InChI=1S/C14H21FN2O3S/c1-10-3-2-6-14(18,8-10)9-17-21(19,20)11-4-5-13(16)12(15)7-11/h4-5,7,10,17-18H,2-3,6,8-9,16H2,1H3. The summed E-state index contributed by atoms with van der Waals surface area (Å²) in [5.41, 5.74) is 4.20. The van der Waals surface area contributed by atoms with Gasteiger partial charge in [-0.25, -0.2) is 17.5 Å². The Hall–Kier alpha value is -1.18. The summed E-state index contributed by atoms with van der Waals surface area (Å²) in [5.74, 6) is -0.412. The number of nitrogen functional groups attached to an aromatic ring is 1. The lowest BCUT2D eigenvalue weighted by molar-refractivity contribution is -0.00751. The van der Waals surface area contributed by atoms with Crippen molar-refractivity contribution in [3.8, 4) is 0 Å². The van der Waals surface area contributed by atoms with Gasteiger partial charge in [0.15, 0.2) is 0 Å². The van der Waals surface area contributed by atoms with Gasteiger partial charge in [0.05, 0.1) is 16.2 Å². The largest absolute Gasteiger partial charge is 0.396 e. The number of hydrogen-bond donors (Lipinski definition) is 3. The molecule has 4 N–H and O–H groups in total. The first-order chi connectivity index (χ1) is 9.72. The molecule has 1 aromatic carbocycles. The number of halogens is 1. The van der Waals surface area contributed by atoms with Crippen molar-refractivity contribution in [3.63, 3.8) is 0 Å². The van der Waals surface area contributed by atoms with Gasteiger partial charge in [0.1, 0.15) is 5.82 Å². The molecule has 2 rings (SSSR count). The number of benzene rings is 1. The summed E-state index contributed by atoms with van der Waals surface area (Å²) in [5, 5.41) is 10.4. The first-order valence-corrected chi connectivity index (χ1v) is 8.47. The van der Waals surface area contributed by atoms with Gasteiger partial charge in [0, 0.05) is 6.54 Å². The third-order valence-corrected chi connectivity index (χ3v) is 5.34. The van der Waals surface area contributed by atoms with Crippen molar-refractivity contribution in [2.75, 3.05) is 12.3 Å². The maximum Gasteiger partial charge on any atom is 0.240 e. The van der Waals surface area contributed by atoms with E-state index < -0.39 is 21.4 Å². The molecule has 21 heavy (non-hydrogen) atoms. The number of anilines is 1. The fourth-order valence-electron chi connectivity index (χ4n) is 2.78. The smallest absolute Gasteiger partial charge is 0.240 e. The zero-order valence-corrected chi connectivity index (χ0v) is 12.8. The van der Waals surface area contributed by atoms with Crippen LogP contribution in [0.25, 0.3) is 0 Å². The molecule has 2 unspecified atom stereocenters. The monoisotopic (exact) mass is 316 g/mol. The lowest BCUT2D eigenvalue weighted by Gasteiger charge is -2.35. The van der Waals surface area contributed by atoms with Gasteiger partial charge in [0.2, 0.25) is 10.0 Å². The minimum absolute atomic E-state index is 0.0638. The minimum Gasteiger partial charge on any atom is -0.396 e. The number of aliphatic hydroxyl groups is 1. The van der Waals surface area contributed by atoms with Crippen LogP contribution in [0.1, 0.15) is 32.6 Å². The van der Waals surface area contributed by atoms with Gasteiger partial charge < -0.3 is 10.8 Å². The highest BCUT2D eigenvalue weighted by molar-refractivity contribution is 7.89. The van der Waals surface area contributed by atoms with E-state index in [4.69, 9.17) is 5.73 Å². The Bertz CT molecular complexity index is 621. The third-order valence-electron chi connectivity index (χ3n) is 3.94. The fraction of sp³-hybridized carbons (Fsp3) is 0.571. The maximum atomic E-state index is 13.4. The minimum atomic E-state index is -3.86. The summed E-state index contributed by atoms with van der Waals surface area (Å²) in [6.07, 6.45) is 3.04. The molecular formula is C14H21FN2O3S. The Morgan fingerprint density at radius 2 is 2.24 bits per heavy atom. The molecule has 1 aliphatic carbocycles. The molecular weight excluding hydrogens is 295 g/mol. The number of sulfonamides is 1. The van der Waals surface area contributed by atoms with E-state index in [1.54, 1.807) is 0 Å². The Morgan fingerprint density at radius 3 is 2.86 bits per heavy atom. The van der Waals surface area contributed by atoms with Crippen molar-refractivity contribution in [1.29, 1.82) is 0 Å². The van der Waals surface area contributed by atoms with Crippen molar-refractivity contribution in [1.82, 2.24) is 4.72 Å². The molecule has 7 heteroatoms. The van der Waals surface area contributed by atoms with E-state index >= 15 is 0 Å². The number of rotatable bonds is 4. The highest BCUT2D eigenvalue weighted by Gasteiger charge is 2.33. The summed E-state index contributed by atoms with van der Waals surface area (Å²) in [4.78, 5) is -0.193. The number of hydrogen-bond acceptors (Lipinski definition) is 4. The Kier molecular flexibility index (Phi) is 4.55. The second-order valence-corrected chi connectivity index (χ2v) is 7.70. The molecule has 1 fully saturated rings. The predicted molar refractivity (Wildman–Crippen MR) is 78.6 cm³/mol. The van der Waals surface area contributed by atoms with Crippen LogP contribution in [-0.2, 0) is 10.0 Å². The third kappa shape index (κ3) is 3.93. The molecule has 1 aliphatic rings. The van der Waals surface area contributed by atoms with Crippen LogP contribution in [0.15, 0.2) is 23.1 Å². The van der Waals surface area contributed by atoms with Gasteiger partial charge >= 0.3 is 0 Å². The van der Waals surface area contributed by atoms with E-state index in [2.05, 4.69) is 4.72 Å². The predicted octanol–water partition coefficient (Wildman–Crippen LogP) is 1.63. The van der Waals surface area contributed by atoms with E-state index in [1.807, 2.05) is 6.92 Å². The van der Waals surface area contributed by atoms with Crippen LogP contribution in [0.5, 0.6) is 0 Å². The van der Waals surface area contributed by atoms with E-state index in [-0.39, 0.29) is 17.1 Å². The first-order valence-electron chi connectivity index (χ1n) is 6.99. The van der Waals surface area contributed by atoms with Gasteiger partial charge in [-0.3, -0.25) is 0 Å². The number of nitrogens with two attached hydrogens (primary N) is 1. The van der Waals surface area contributed by atoms with Crippen molar-refractivity contribution < 1.29 is 17.9 Å². The summed E-state index contributed by atoms with van der Waals surface area (Å²) in [7, 11) is -3.86. The molecule has 0 amide bonds. The Balaban J connectivity index is 2.09. The molecule has 0 bridgehead atoms. The summed E-state index contributed by atoms with van der Waals surface area (Å²) < 4.78 is 40.0. The van der Waals surface area contributed by atoms with Crippen LogP contribution >= 0.6 is 0 Å². The Labute approximate surface area is 124 Å². The zero-order valence-electron chi connectivity index (χ0n) is 12.0. The summed E-state index contributed by atoms with van der Waals surface area (Å²) >= 11 is 0. The van der Waals surface area contributed by atoms with E-state index in [0.717, 1.165) is 18.9 Å². The normalized spacial score (nSPS) is 26.7. The quantitative estimate of drug-likeness (QED) is 0.736. The highest BCUT2D eigenvalue weighted by atomic mass is 32.2. The molecule has 0 spiro atoms. The van der Waals surface area contributed by atoms with Crippen LogP contribution < -0.4 is 10.5 Å². The molecule has 0 saturated heterocycles. The molecule has 0 radical (unpaired) electrons. The van der Waals surface area contributed by atoms with Gasteiger partial charge in [-0.2, -0.15) is 0 Å². The topological polar surface area (TPSA) is 92.4 Å². The van der Waals surface area contributed by atoms with E-state index in [9.17, 15) is 17.9 Å². The van der Waals surface area contributed by atoms with Gasteiger partial charge in [-0.1, -0.05) is 19.8 Å². The molecule has 1 saturated carbocycles. The molecule has 5 nitrogen and oxygen atoms in total. The van der Waals surface area contributed by atoms with Crippen LogP contribution in [0.2, 0.25) is 0 Å². The lowest BCUT2D eigenvalue weighted by atomic mass is 9.79. The van der Waals surface area contributed by atoms with Crippen LogP contribution in [0, 0.1) is 11.7 Å². The van der Waals surface area contributed by atoms with E-state index in [0.29, 0.717) is 18.8 Å².